The Balaban J connectivity index is 1.57. The zero-order valence-electron chi connectivity index (χ0n) is 25.5. The van der Waals surface area contributed by atoms with Crippen LogP contribution in [0.5, 0.6) is 0 Å². The van der Waals surface area contributed by atoms with Crippen molar-refractivity contribution in [1.82, 2.24) is 25.0 Å². The van der Waals surface area contributed by atoms with Gasteiger partial charge < -0.3 is 16.2 Å². The molecule has 2 aliphatic carbocycles. The lowest BCUT2D eigenvalue weighted by Crippen LogP contribution is -2.39. The summed E-state index contributed by atoms with van der Waals surface area (Å²) in [7, 11) is 0. The van der Waals surface area contributed by atoms with Gasteiger partial charge in [0.05, 0.1) is 11.6 Å². The van der Waals surface area contributed by atoms with Gasteiger partial charge in [0.25, 0.3) is 5.91 Å². The monoisotopic (exact) mass is 611 g/mol. The fourth-order valence-electron chi connectivity index (χ4n) is 7.57. The van der Waals surface area contributed by atoms with Crippen molar-refractivity contribution >= 4 is 17.6 Å². The Morgan fingerprint density at radius 1 is 1.07 bits per heavy atom. The van der Waals surface area contributed by atoms with Crippen molar-refractivity contribution < 1.29 is 23.5 Å². The van der Waals surface area contributed by atoms with E-state index in [-0.39, 0.29) is 54.4 Å². The highest BCUT2D eigenvalue weighted by Crippen LogP contribution is 2.47. The van der Waals surface area contributed by atoms with Gasteiger partial charge in [-0.2, -0.15) is 14.6 Å². The minimum atomic E-state index is -1.04. The molecule has 0 bridgehead atoms. The molecular weight excluding hydrogens is 568 g/mol. The summed E-state index contributed by atoms with van der Waals surface area (Å²) in [6.07, 6.45) is 10.3. The third-order valence-corrected chi connectivity index (χ3v) is 9.53. The highest BCUT2D eigenvalue weighted by molar-refractivity contribution is 5.96. The number of hydrogen-bond acceptors (Lipinski definition) is 6. The van der Waals surface area contributed by atoms with Crippen LogP contribution in [-0.2, 0) is 11.3 Å². The van der Waals surface area contributed by atoms with Crippen LogP contribution in [0, 0.1) is 43.4 Å². The molecular formula is C32H43F2N7O3. The lowest BCUT2D eigenvalue weighted by atomic mass is 9.63. The number of nitrogens with one attached hydrogen (secondary N) is 2. The molecule has 2 aliphatic rings. The van der Waals surface area contributed by atoms with Gasteiger partial charge in [0.2, 0.25) is 11.9 Å². The summed E-state index contributed by atoms with van der Waals surface area (Å²) < 4.78 is 32.8. The predicted octanol–water partition coefficient (Wildman–Crippen LogP) is 5.54. The maximum absolute atomic E-state index is 16.3. The van der Waals surface area contributed by atoms with E-state index in [1.165, 1.54) is 10.7 Å². The SMILES string of the molecule is Cc1n[nH]c(C)c1-c1ccc(NC(=O)[C@H](c2nn(CCCO)c(C(N)=O)c2F)C(C2CCCCC2)C2CCCCC2)nc1F. The number of aryl methyl sites for hydroxylation is 3. The second kappa shape index (κ2) is 14.0. The largest absolute Gasteiger partial charge is 0.396 e. The van der Waals surface area contributed by atoms with Gasteiger partial charge in [0.15, 0.2) is 11.5 Å². The van der Waals surface area contributed by atoms with Crippen LogP contribution in [0.2, 0.25) is 0 Å². The van der Waals surface area contributed by atoms with Crippen molar-refractivity contribution in [2.45, 2.75) is 96.9 Å². The molecule has 0 radical (unpaired) electrons. The second-order valence-electron chi connectivity index (χ2n) is 12.4. The first-order valence-corrected chi connectivity index (χ1v) is 15.9. The number of nitrogens with two attached hydrogens (primary N) is 1. The second-order valence-corrected chi connectivity index (χ2v) is 12.4. The fourth-order valence-corrected chi connectivity index (χ4v) is 7.57. The Morgan fingerprint density at radius 3 is 2.23 bits per heavy atom. The van der Waals surface area contributed by atoms with Crippen molar-refractivity contribution in [1.29, 1.82) is 0 Å². The first-order valence-electron chi connectivity index (χ1n) is 15.9. The number of pyridine rings is 1. The summed E-state index contributed by atoms with van der Waals surface area (Å²) in [6, 6.07) is 3.08. The maximum Gasteiger partial charge on any atom is 0.270 e. The summed E-state index contributed by atoms with van der Waals surface area (Å²) in [5.41, 5.74) is 7.24. The topological polar surface area (TPSA) is 152 Å². The molecule has 44 heavy (non-hydrogen) atoms. The number of primary amides is 1. The minimum Gasteiger partial charge on any atom is -0.396 e. The van der Waals surface area contributed by atoms with E-state index >= 15 is 8.78 Å². The van der Waals surface area contributed by atoms with E-state index in [1.807, 2.05) is 0 Å². The Kier molecular flexibility index (Phi) is 10.1. The van der Waals surface area contributed by atoms with Crippen molar-refractivity contribution in [3.8, 4) is 11.1 Å². The van der Waals surface area contributed by atoms with Gasteiger partial charge in [-0.25, -0.2) is 9.37 Å². The number of aromatic amines is 1. The van der Waals surface area contributed by atoms with E-state index in [0.717, 1.165) is 64.2 Å². The molecule has 2 fully saturated rings. The number of rotatable bonds is 11. The van der Waals surface area contributed by atoms with E-state index in [1.54, 1.807) is 19.9 Å². The molecule has 238 valence electrons. The summed E-state index contributed by atoms with van der Waals surface area (Å²) >= 11 is 0. The van der Waals surface area contributed by atoms with Crippen molar-refractivity contribution in [3.63, 3.8) is 0 Å². The fraction of sp³-hybridized carbons (Fsp3) is 0.594. The molecule has 5 N–H and O–H groups in total. The van der Waals surface area contributed by atoms with E-state index in [0.29, 0.717) is 17.0 Å². The van der Waals surface area contributed by atoms with Crippen LogP contribution >= 0.6 is 0 Å². The number of halogens is 2. The normalized spacial score (nSPS) is 17.2. The first kappa shape index (κ1) is 31.7. The van der Waals surface area contributed by atoms with Crippen molar-refractivity contribution in [3.05, 3.63) is 46.7 Å². The number of H-pyrrole nitrogens is 1. The quantitative estimate of drug-likeness (QED) is 0.209. The Bertz CT molecular complexity index is 1440. The number of amides is 2. The first-order chi connectivity index (χ1) is 21.2. The Labute approximate surface area is 256 Å². The molecule has 2 amide bonds. The number of hydrogen-bond donors (Lipinski definition) is 4. The minimum absolute atomic E-state index is 0.00124. The standard InChI is InChI=1S/C32H43F2N7O3/c1-18-24(19(2)39-38-18)22-14-15-23(36-30(22)34)37-32(44)26(28-27(33)29(31(35)43)41(40-28)16-9-17-42)25(20-10-5-3-6-11-20)21-12-7-4-8-13-21/h14-15,20-21,25-26,42H,3-13,16-17H2,1-2H3,(H2,35,43)(H,38,39)(H,36,37,44)/t26-/m0/s1. The Hall–Kier alpha value is -3.67. The molecule has 0 aliphatic heterocycles. The van der Waals surface area contributed by atoms with Crippen LogP contribution < -0.4 is 11.1 Å². The average molecular weight is 612 g/mol. The molecule has 12 heteroatoms. The predicted molar refractivity (Wildman–Crippen MR) is 162 cm³/mol. The molecule has 10 nitrogen and oxygen atoms in total. The number of nitrogens with zero attached hydrogens (tertiary/aromatic N) is 4. The highest BCUT2D eigenvalue weighted by atomic mass is 19.1. The van der Waals surface area contributed by atoms with Gasteiger partial charge in [0, 0.05) is 30.0 Å². The van der Waals surface area contributed by atoms with E-state index < -0.39 is 35.2 Å². The highest BCUT2D eigenvalue weighted by Gasteiger charge is 2.44. The van der Waals surface area contributed by atoms with Crippen LogP contribution in [0.1, 0.15) is 104 Å². The van der Waals surface area contributed by atoms with Crippen LogP contribution in [-0.4, -0.2) is 48.5 Å². The van der Waals surface area contributed by atoms with Crippen LogP contribution in [0.3, 0.4) is 0 Å². The molecule has 3 aromatic heterocycles. The summed E-state index contributed by atoms with van der Waals surface area (Å²) in [6.45, 7) is 3.44. The van der Waals surface area contributed by atoms with Gasteiger partial charge in [0.1, 0.15) is 11.5 Å². The van der Waals surface area contributed by atoms with Crippen LogP contribution in [0.15, 0.2) is 12.1 Å². The van der Waals surface area contributed by atoms with Crippen LogP contribution in [0.4, 0.5) is 14.6 Å². The van der Waals surface area contributed by atoms with Gasteiger partial charge >= 0.3 is 0 Å². The molecule has 3 aromatic rings. The lowest BCUT2D eigenvalue weighted by molar-refractivity contribution is -0.120. The van der Waals surface area contributed by atoms with Crippen molar-refractivity contribution in [2.24, 2.45) is 23.5 Å². The Morgan fingerprint density at radius 2 is 1.70 bits per heavy atom. The van der Waals surface area contributed by atoms with Gasteiger partial charge in [-0.15, -0.1) is 0 Å². The van der Waals surface area contributed by atoms with Gasteiger partial charge in [-0.3, -0.25) is 19.4 Å². The van der Waals surface area contributed by atoms with Crippen LogP contribution in [0.25, 0.3) is 11.1 Å². The van der Waals surface area contributed by atoms with E-state index in [2.05, 4.69) is 25.6 Å². The van der Waals surface area contributed by atoms with Gasteiger partial charge in [-0.05, 0) is 50.2 Å². The molecule has 0 unspecified atom stereocenters. The van der Waals surface area contributed by atoms with Crippen molar-refractivity contribution in [2.75, 3.05) is 11.9 Å². The number of aliphatic hydroxyl groups is 1. The molecule has 3 heterocycles. The third kappa shape index (κ3) is 6.55. The zero-order valence-corrected chi connectivity index (χ0v) is 25.5. The molecule has 1 atom stereocenters. The lowest BCUT2D eigenvalue weighted by Gasteiger charge is -2.41. The summed E-state index contributed by atoms with van der Waals surface area (Å²) in [5.74, 6) is -4.14. The average Bonchev–Trinajstić information content (AvgIpc) is 3.52. The number of carbonyl (C=O) groups is 2. The summed E-state index contributed by atoms with van der Waals surface area (Å²) in [5, 5.41) is 23.7. The molecule has 0 aromatic carbocycles. The smallest absolute Gasteiger partial charge is 0.270 e. The van der Waals surface area contributed by atoms with Gasteiger partial charge in [-0.1, -0.05) is 64.2 Å². The number of carbonyl (C=O) groups excluding carboxylic acids is 2. The van der Waals surface area contributed by atoms with E-state index in [9.17, 15) is 14.7 Å². The zero-order chi connectivity index (χ0) is 31.4. The summed E-state index contributed by atoms with van der Waals surface area (Å²) in [4.78, 5) is 30.8. The van der Waals surface area contributed by atoms with E-state index in [4.69, 9.17) is 5.73 Å². The number of aliphatic hydroxyl groups excluding tert-OH is 1. The number of anilines is 1. The molecule has 0 spiro atoms. The number of aromatic nitrogens is 5. The third-order valence-electron chi connectivity index (χ3n) is 9.53. The molecule has 5 rings (SSSR count). The maximum atomic E-state index is 16.3. The molecule has 2 saturated carbocycles. The molecule has 0 saturated heterocycles.